The van der Waals surface area contributed by atoms with Crippen LogP contribution in [0, 0.1) is 6.92 Å². The number of aromatic nitrogens is 2. The van der Waals surface area contributed by atoms with E-state index in [1.165, 1.54) is 7.11 Å². The minimum Gasteiger partial charge on any atom is -0.496 e. The number of aryl methyl sites for hydroxylation is 1. The number of methoxy groups -OCH3 is 1. The van der Waals surface area contributed by atoms with Crippen molar-refractivity contribution in [3.05, 3.63) is 29.7 Å². The Balaban J connectivity index is 2.28. The van der Waals surface area contributed by atoms with Crippen LogP contribution in [0.4, 0.5) is 11.7 Å². The summed E-state index contributed by atoms with van der Waals surface area (Å²) in [5.41, 5.74) is 6.29. The number of rotatable bonds is 3. The number of carbonyl (C=O) groups excluding carboxylic acids is 1. The van der Waals surface area contributed by atoms with Crippen molar-refractivity contribution in [2.75, 3.05) is 18.2 Å². The van der Waals surface area contributed by atoms with Gasteiger partial charge in [0.25, 0.3) is 5.91 Å². The molecule has 0 atom stereocenters. The summed E-state index contributed by atoms with van der Waals surface area (Å²) < 4.78 is 10.1. The average molecular weight is 248 g/mol. The van der Waals surface area contributed by atoms with Gasteiger partial charge in [0.1, 0.15) is 11.3 Å². The second-order valence-corrected chi connectivity index (χ2v) is 3.50. The molecule has 0 aliphatic carbocycles. The van der Waals surface area contributed by atoms with E-state index in [2.05, 4.69) is 15.5 Å². The molecule has 0 unspecified atom stereocenters. The molecule has 0 aliphatic heterocycles. The maximum Gasteiger partial charge on any atom is 0.322 e. The van der Waals surface area contributed by atoms with Crippen LogP contribution in [0.5, 0.6) is 5.75 Å². The SMILES string of the molecule is COc1cccc(N)c1C(=O)Nc1nnc(C)o1. The number of nitrogens with zero attached hydrogens (tertiary/aromatic N) is 2. The number of nitrogen functional groups attached to an aromatic ring is 1. The molecule has 0 spiro atoms. The third kappa shape index (κ3) is 2.24. The molecule has 0 aliphatic rings. The zero-order chi connectivity index (χ0) is 13.1. The zero-order valence-electron chi connectivity index (χ0n) is 9.93. The number of hydrogen-bond acceptors (Lipinski definition) is 6. The van der Waals surface area contributed by atoms with E-state index in [4.69, 9.17) is 14.9 Å². The minimum atomic E-state index is -0.464. The molecule has 0 saturated heterocycles. The topological polar surface area (TPSA) is 103 Å². The van der Waals surface area contributed by atoms with Crippen molar-refractivity contribution < 1.29 is 13.9 Å². The molecule has 3 N–H and O–H groups in total. The molecule has 1 heterocycles. The van der Waals surface area contributed by atoms with Gasteiger partial charge in [0.05, 0.1) is 7.11 Å². The van der Waals surface area contributed by atoms with Gasteiger partial charge < -0.3 is 14.9 Å². The van der Waals surface area contributed by atoms with Crippen LogP contribution in [-0.4, -0.2) is 23.2 Å². The molecule has 0 saturated carbocycles. The number of carbonyl (C=O) groups is 1. The van der Waals surface area contributed by atoms with Gasteiger partial charge in [-0.15, -0.1) is 5.10 Å². The lowest BCUT2D eigenvalue weighted by Gasteiger charge is -2.09. The van der Waals surface area contributed by atoms with Crippen LogP contribution in [0.1, 0.15) is 16.2 Å². The van der Waals surface area contributed by atoms with Crippen LogP contribution < -0.4 is 15.8 Å². The lowest BCUT2D eigenvalue weighted by molar-refractivity contribution is 0.102. The Kier molecular flexibility index (Phi) is 3.13. The van der Waals surface area contributed by atoms with Crippen molar-refractivity contribution in [2.24, 2.45) is 0 Å². The average Bonchev–Trinajstić information content (AvgIpc) is 2.74. The highest BCUT2D eigenvalue weighted by atomic mass is 16.5. The summed E-state index contributed by atoms with van der Waals surface area (Å²) in [6.45, 7) is 1.63. The van der Waals surface area contributed by atoms with E-state index in [1.54, 1.807) is 25.1 Å². The van der Waals surface area contributed by atoms with Gasteiger partial charge in [0.2, 0.25) is 5.89 Å². The first-order valence-electron chi connectivity index (χ1n) is 5.15. The Morgan fingerprint density at radius 2 is 2.22 bits per heavy atom. The van der Waals surface area contributed by atoms with Crippen molar-refractivity contribution in [2.45, 2.75) is 6.92 Å². The first-order valence-corrected chi connectivity index (χ1v) is 5.15. The zero-order valence-corrected chi connectivity index (χ0v) is 9.93. The van der Waals surface area contributed by atoms with Gasteiger partial charge >= 0.3 is 6.01 Å². The van der Waals surface area contributed by atoms with Gasteiger partial charge in [-0.05, 0) is 12.1 Å². The summed E-state index contributed by atoms with van der Waals surface area (Å²) in [7, 11) is 1.46. The maximum atomic E-state index is 12.0. The van der Waals surface area contributed by atoms with E-state index < -0.39 is 5.91 Å². The van der Waals surface area contributed by atoms with Crippen LogP contribution in [0.3, 0.4) is 0 Å². The number of ether oxygens (including phenoxy) is 1. The Hall–Kier alpha value is -2.57. The third-order valence-electron chi connectivity index (χ3n) is 2.25. The fourth-order valence-electron chi connectivity index (χ4n) is 1.47. The molecule has 1 aromatic heterocycles. The van der Waals surface area contributed by atoms with Crippen molar-refractivity contribution in [1.82, 2.24) is 10.2 Å². The van der Waals surface area contributed by atoms with Gasteiger partial charge in [-0.1, -0.05) is 11.2 Å². The highest BCUT2D eigenvalue weighted by molar-refractivity contribution is 6.08. The van der Waals surface area contributed by atoms with E-state index in [1.807, 2.05) is 0 Å². The second-order valence-electron chi connectivity index (χ2n) is 3.50. The van der Waals surface area contributed by atoms with E-state index in [0.717, 1.165) is 0 Å². The van der Waals surface area contributed by atoms with Crippen molar-refractivity contribution in [1.29, 1.82) is 0 Å². The molecule has 7 nitrogen and oxygen atoms in total. The van der Waals surface area contributed by atoms with Crippen LogP contribution in [0.25, 0.3) is 0 Å². The molecule has 2 aromatic rings. The molecular formula is C11H12N4O3. The monoisotopic (exact) mass is 248 g/mol. The largest absolute Gasteiger partial charge is 0.496 e. The predicted octanol–water partition coefficient (Wildman–Crippen LogP) is 1.22. The number of benzene rings is 1. The molecule has 18 heavy (non-hydrogen) atoms. The molecule has 94 valence electrons. The van der Waals surface area contributed by atoms with Gasteiger partial charge in [0.15, 0.2) is 0 Å². The van der Waals surface area contributed by atoms with E-state index in [9.17, 15) is 4.79 Å². The van der Waals surface area contributed by atoms with E-state index in [0.29, 0.717) is 17.3 Å². The standard InChI is InChI=1S/C11H12N4O3/c1-6-14-15-11(18-6)13-10(16)9-7(12)4-3-5-8(9)17-2/h3-5H,12H2,1-2H3,(H,13,15,16). The summed E-state index contributed by atoms with van der Waals surface area (Å²) in [6.07, 6.45) is 0. The summed E-state index contributed by atoms with van der Waals surface area (Å²) >= 11 is 0. The van der Waals surface area contributed by atoms with Gasteiger partial charge in [-0.3, -0.25) is 10.1 Å². The Bertz CT molecular complexity index is 579. The van der Waals surface area contributed by atoms with Crippen LogP contribution in [0.2, 0.25) is 0 Å². The van der Waals surface area contributed by atoms with Crippen LogP contribution >= 0.6 is 0 Å². The summed E-state index contributed by atoms with van der Waals surface area (Å²) in [5.74, 6) is 0.274. The molecule has 0 radical (unpaired) electrons. The van der Waals surface area contributed by atoms with Crippen LogP contribution in [-0.2, 0) is 0 Å². The second kappa shape index (κ2) is 4.74. The summed E-state index contributed by atoms with van der Waals surface area (Å²) in [6, 6.07) is 4.96. The lowest BCUT2D eigenvalue weighted by atomic mass is 10.1. The fraction of sp³-hybridized carbons (Fsp3) is 0.182. The smallest absolute Gasteiger partial charge is 0.322 e. The van der Waals surface area contributed by atoms with Crippen LogP contribution in [0.15, 0.2) is 22.6 Å². The number of anilines is 2. The molecule has 2 rings (SSSR count). The first kappa shape index (κ1) is 11.9. The highest BCUT2D eigenvalue weighted by Gasteiger charge is 2.17. The van der Waals surface area contributed by atoms with E-state index in [-0.39, 0.29) is 11.6 Å². The maximum absolute atomic E-state index is 12.0. The lowest BCUT2D eigenvalue weighted by Crippen LogP contribution is -2.15. The number of nitrogens with one attached hydrogen (secondary N) is 1. The van der Waals surface area contributed by atoms with Gasteiger partial charge in [-0.2, -0.15) is 0 Å². The molecule has 1 amide bonds. The Labute approximate surface area is 103 Å². The predicted molar refractivity (Wildman–Crippen MR) is 64.4 cm³/mol. The fourth-order valence-corrected chi connectivity index (χ4v) is 1.47. The van der Waals surface area contributed by atoms with Crippen molar-refractivity contribution >= 4 is 17.6 Å². The normalized spacial score (nSPS) is 10.1. The van der Waals surface area contributed by atoms with E-state index >= 15 is 0 Å². The number of nitrogens with two attached hydrogens (primary N) is 1. The number of hydrogen-bond donors (Lipinski definition) is 2. The minimum absolute atomic E-state index is 0.0165. The Morgan fingerprint density at radius 3 is 2.83 bits per heavy atom. The van der Waals surface area contributed by atoms with Crippen molar-refractivity contribution in [3.63, 3.8) is 0 Å². The molecule has 1 aromatic carbocycles. The third-order valence-corrected chi connectivity index (χ3v) is 2.25. The number of amides is 1. The quantitative estimate of drug-likeness (QED) is 0.791. The first-order chi connectivity index (χ1) is 8.61. The molecule has 0 fully saturated rings. The molecule has 0 bridgehead atoms. The van der Waals surface area contributed by atoms with Gasteiger partial charge in [-0.25, -0.2) is 0 Å². The van der Waals surface area contributed by atoms with Crippen molar-refractivity contribution in [3.8, 4) is 5.75 Å². The molecule has 7 heteroatoms. The summed E-state index contributed by atoms with van der Waals surface area (Å²) in [4.78, 5) is 12.0. The molecular weight excluding hydrogens is 236 g/mol. The Morgan fingerprint density at radius 1 is 1.44 bits per heavy atom. The highest BCUT2D eigenvalue weighted by Crippen LogP contribution is 2.24. The summed E-state index contributed by atoms with van der Waals surface area (Å²) in [5, 5.41) is 9.73. The van der Waals surface area contributed by atoms with Gasteiger partial charge in [0, 0.05) is 12.6 Å².